The lowest BCUT2D eigenvalue weighted by atomic mass is 10.1. The van der Waals surface area contributed by atoms with E-state index in [-0.39, 0.29) is 5.78 Å². The highest BCUT2D eigenvalue weighted by atomic mass is 32.2. The molecular formula is C18H18O2S. The molecule has 0 bridgehead atoms. The molecule has 0 saturated carbocycles. The Morgan fingerprint density at radius 2 is 1.76 bits per heavy atom. The molecule has 0 fully saturated rings. The summed E-state index contributed by atoms with van der Waals surface area (Å²) in [7, 11) is 0. The van der Waals surface area contributed by atoms with Gasteiger partial charge in [-0.05, 0) is 41.9 Å². The molecule has 0 aliphatic heterocycles. The molecule has 108 valence electrons. The van der Waals surface area contributed by atoms with Crippen molar-refractivity contribution < 1.29 is 9.53 Å². The van der Waals surface area contributed by atoms with E-state index in [2.05, 4.69) is 0 Å². The number of carbonyl (C=O) groups is 1. The maximum absolute atomic E-state index is 12.3. The van der Waals surface area contributed by atoms with E-state index in [1.165, 1.54) is 0 Å². The van der Waals surface area contributed by atoms with Gasteiger partial charge in [0, 0.05) is 0 Å². The quantitative estimate of drug-likeness (QED) is 0.570. The van der Waals surface area contributed by atoms with Crippen molar-refractivity contribution in [1.82, 2.24) is 0 Å². The molecule has 0 atom stereocenters. The molecule has 0 radical (unpaired) electrons. The first kappa shape index (κ1) is 15.4. The van der Waals surface area contributed by atoms with Crippen molar-refractivity contribution in [3.05, 3.63) is 76.7 Å². The van der Waals surface area contributed by atoms with Gasteiger partial charge in [0.1, 0.15) is 12.4 Å². The highest BCUT2D eigenvalue weighted by molar-refractivity contribution is 8.02. The van der Waals surface area contributed by atoms with E-state index < -0.39 is 0 Å². The van der Waals surface area contributed by atoms with Crippen molar-refractivity contribution in [2.45, 2.75) is 13.5 Å². The van der Waals surface area contributed by atoms with Crippen LogP contribution < -0.4 is 4.74 Å². The summed E-state index contributed by atoms with van der Waals surface area (Å²) in [4.78, 5) is 13.3. The molecule has 2 aromatic rings. The molecule has 0 aliphatic carbocycles. The van der Waals surface area contributed by atoms with Crippen molar-refractivity contribution in [1.29, 1.82) is 0 Å². The van der Waals surface area contributed by atoms with Gasteiger partial charge in [-0.1, -0.05) is 42.5 Å². The molecule has 0 aliphatic rings. The third kappa shape index (κ3) is 4.50. The third-order valence-corrected chi connectivity index (χ3v) is 3.81. The van der Waals surface area contributed by atoms with Gasteiger partial charge in [-0.3, -0.25) is 4.79 Å². The first-order chi connectivity index (χ1) is 10.2. The molecule has 2 rings (SSSR count). The number of hydrogen-bond donors (Lipinski definition) is 0. The van der Waals surface area contributed by atoms with Gasteiger partial charge in [0.25, 0.3) is 0 Å². The van der Waals surface area contributed by atoms with Crippen LogP contribution in [0.4, 0.5) is 0 Å². The Kier molecular flexibility index (Phi) is 5.64. The van der Waals surface area contributed by atoms with Gasteiger partial charge in [0.15, 0.2) is 5.78 Å². The van der Waals surface area contributed by atoms with Crippen LogP contribution in [0.5, 0.6) is 5.75 Å². The second kappa shape index (κ2) is 7.70. The number of carbonyl (C=O) groups excluding carboxylic acids is 1. The minimum Gasteiger partial charge on any atom is -0.488 e. The largest absolute Gasteiger partial charge is 0.488 e. The van der Waals surface area contributed by atoms with Crippen molar-refractivity contribution in [3.63, 3.8) is 0 Å². The number of thioether (sulfide) groups is 1. The van der Waals surface area contributed by atoms with Crippen LogP contribution in [-0.2, 0) is 6.61 Å². The minimum absolute atomic E-state index is 0.0227. The summed E-state index contributed by atoms with van der Waals surface area (Å²) in [6.45, 7) is 2.38. The molecule has 21 heavy (non-hydrogen) atoms. The zero-order chi connectivity index (χ0) is 15.1. The molecule has 0 aromatic heterocycles. The molecule has 0 unspecified atom stereocenters. The van der Waals surface area contributed by atoms with Crippen molar-refractivity contribution in [2.75, 3.05) is 6.26 Å². The maximum atomic E-state index is 12.3. The zero-order valence-electron chi connectivity index (χ0n) is 12.2. The van der Waals surface area contributed by atoms with Crippen LogP contribution in [0.15, 0.2) is 65.6 Å². The van der Waals surface area contributed by atoms with E-state index in [0.717, 1.165) is 10.5 Å². The topological polar surface area (TPSA) is 26.3 Å². The summed E-state index contributed by atoms with van der Waals surface area (Å²) in [5, 5.41) is 0. The van der Waals surface area contributed by atoms with Crippen LogP contribution in [0, 0.1) is 0 Å². The normalized spacial score (nSPS) is 11.2. The molecule has 0 heterocycles. The van der Waals surface area contributed by atoms with E-state index in [1.54, 1.807) is 23.9 Å². The van der Waals surface area contributed by atoms with Crippen LogP contribution in [0.1, 0.15) is 22.8 Å². The van der Waals surface area contributed by atoms with E-state index in [1.807, 2.05) is 61.7 Å². The average molecular weight is 298 g/mol. The number of benzene rings is 2. The maximum Gasteiger partial charge on any atom is 0.190 e. The molecular weight excluding hydrogens is 280 g/mol. The number of rotatable bonds is 6. The van der Waals surface area contributed by atoms with Crippen LogP contribution in [0.3, 0.4) is 0 Å². The molecule has 0 N–H and O–H groups in total. The number of para-hydroxylation sites is 1. The smallest absolute Gasteiger partial charge is 0.190 e. The Labute approximate surface area is 129 Å². The molecule has 0 amide bonds. The van der Waals surface area contributed by atoms with Gasteiger partial charge in [-0.2, -0.15) is 0 Å². The van der Waals surface area contributed by atoms with Crippen LogP contribution in [-0.4, -0.2) is 12.0 Å². The van der Waals surface area contributed by atoms with Crippen molar-refractivity contribution in [3.8, 4) is 5.75 Å². The Morgan fingerprint density at radius 3 is 2.48 bits per heavy atom. The summed E-state index contributed by atoms with van der Waals surface area (Å²) in [5.41, 5.74) is 1.68. The van der Waals surface area contributed by atoms with Gasteiger partial charge in [0.05, 0.1) is 5.56 Å². The predicted octanol–water partition coefficient (Wildman–Crippen LogP) is 4.72. The molecule has 2 aromatic carbocycles. The van der Waals surface area contributed by atoms with Crippen molar-refractivity contribution >= 4 is 17.5 Å². The fraction of sp³-hybridized carbons (Fsp3) is 0.167. The first-order valence-electron chi connectivity index (χ1n) is 6.73. The fourth-order valence-electron chi connectivity index (χ4n) is 1.85. The number of ketones is 1. The molecule has 3 heteroatoms. The third-order valence-electron chi connectivity index (χ3n) is 3.05. The summed E-state index contributed by atoms with van der Waals surface area (Å²) in [6.07, 6.45) is 3.60. The van der Waals surface area contributed by atoms with Crippen LogP contribution in [0.25, 0.3) is 0 Å². The summed E-state index contributed by atoms with van der Waals surface area (Å²) in [5.74, 6) is 0.599. The Bertz CT molecular complexity index is 633. The number of ether oxygens (including phenoxy) is 1. The Morgan fingerprint density at radius 1 is 1.10 bits per heavy atom. The lowest BCUT2D eigenvalue weighted by molar-refractivity contribution is 0.104. The monoisotopic (exact) mass is 298 g/mol. The van der Waals surface area contributed by atoms with Gasteiger partial charge in [0.2, 0.25) is 0 Å². The molecule has 0 spiro atoms. The second-order valence-corrected chi connectivity index (χ2v) is 5.65. The average Bonchev–Trinajstić information content (AvgIpc) is 2.54. The lowest BCUT2D eigenvalue weighted by Gasteiger charge is -2.10. The number of allylic oxidation sites excluding steroid dienone is 2. The highest BCUT2D eigenvalue weighted by Gasteiger charge is 2.10. The molecule has 0 saturated heterocycles. The summed E-state index contributed by atoms with van der Waals surface area (Å²) in [6, 6.07) is 17.3. The standard InChI is InChI=1S/C18H18O2S/c1-14(21-2)12-17(19)16-10-6-7-11-18(16)20-13-15-8-4-3-5-9-15/h3-12H,13H2,1-2H3/b14-12+. The Hall–Kier alpha value is -2.00. The predicted molar refractivity (Wildman–Crippen MR) is 88.8 cm³/mol. The van der Waals surface area contributed by atoms with E-state index in [0.29, 0.717) is 17.9 Å². The lowest BCUT2D eigenvalue weighted by Crippen LogP contribution is -2.02. The highest BCUT2D eigenvalue weighted by Crippen LogP contribution is 2.22. The van der Waals surface area contributed by atoms with E-state index in [4.69, 9.17) is 4.74 Å². The van der Waals surface area contributed by atoms with Gasteiger partial charge in [-0.15, -0.1) is 11.8 Å². The molecule has 2 nitrogen and oxygen atoms in total. The van der Waals surface area contributed by atoms with Crippen LogP contribution >= 0.6 is 11.8 Å². The number of hydrogen-bond acceptors (Lipinski definition) is 3. The van der Waals surface area contributed by atoms with E-state index in [9.17, 15) is 4.79 Å². The van der Waals surface area contributed by atoms with Crippen LogP contribution in [0.2, 0.25) is 0 Å². The zero-order valence-corrected chi connectivity index (χ0v) is 13.0. The first-order valence-corrected chi connectivity index (χ1v) is 7.95. The van der Waals surface area contributed by atoms with Crippen molar-refractivity contribution in [2.24, 2.45) is 0 Å². The minimum atomic E-state index is -0.0227. The second-order valence-electron chi connectivity index (χ2n) is 4.59. The van der Waals surface area contributed by atoms with Gasteiger partial charge in [-0.25, -0.2) is 0 Å². The SMILES string of the molecule is CS/C(C)=C/C(=O)c1ccccc1OCc1ccccc1. The Balaban J connectivity index is 2.15. The fourth-order valence-corrected chi connectivity index (χ4v) is 2.08. The summed E-state index contributed by atoms with van der Waals surface area (Å²) >= 11 is 1.56. The summed E-state index contributed by atoms with van der Waals surface area (Å²) < 4.78 is 5.80. The van der Waals surface area contributed by atoms with Gasteiger partial charge >= 0.3 is 0 Å². The van der Waals surface area contributed by atoms with Gasteiger partial charge < -0.3 is 4.74 Å². The van der Waals surface area contributed by atoms with E-state index >= 15 is 0 Å².